The molecule has 1 aromatic heterocycles. The third-order valence-corrected chi connectivity index (χ3v) is 2.41. The summed E-state index contributed by atoms with van der Waals surface area (Å²) in [5.41, 5.74) is 0.950. The first kappa shape index (κ1) is 11.0. The topological polar surface area (TPSA) is 47.3 Å². The maximum absolute atomic E-state index is 13.4. The molecule has 2 rings (SSSR count). The number of fused-ring (bicyclic) bond motifs is 1. The highest BCUT2D eigenvalue weighted by molar-refractivity contribution is 5.78. The van der Waals surface area contributed by atoms with Gasteiger partial charge in [-0.25, -0.2) is 4.39 Å². The van der Waals surface area contributed by atoms with Gasteiger partial charge < -0.3 is 9.84 Å². The Kier molecular flexibility index (Phi) is 3.17. The maximum atomic E-state index is 13.4. The van der Waals surface area contributed by atoms with Crippen molar-refractivity contribution in [2.24, 2.45) is 0 Å². The molecule has 1 N–H and O–H groups in total. The van der Waals surface area contributed by atoms with Gasteiger partial charge in [0.15, 0.2) is 0 Å². The normalized spacial score (nSPS) is 11.2. The smallest absolute Gasteiger partial charge is 0.129 e. The summed E-state index contributed by atoms with van der Waals surface area (Å²) in [5.74, 6) is -0.402. The molecule has 0 unspecified atom stereocenters. The molecule has 0 radical (unpaired) electrons. The maximum Gasteiger partial charge on any atom is 0.129 e. The summed E-state index contributed by atoms with van der Waals surface area (Å²) in [6.45, 7) is 0.872. The number of benzene rings is 1. The van der Waals surface area contributed by atoms with E-state index in [0.717, 1.165) is 5.39 Å². The van der Waals surface area contributed by atoms with Crippen LogP contribution in [0.1, 0.15) is 5.56 Å². The fourth-order valence-electron chi connectivity index (χ4n) is 1.56. The van der Waals surface area contributed by atoms with Gasteiger partial charge in [0.1, 0.15) is 5.82 Å². The number of aliphatic hydroxyl groups is 1. The summed E-state index contributed by atoms with van der Waals surface area (Å²) in [7, 11) is 1.62. The van der Waals surface area contributed by atoms with Crippen LogP contribution in [-0.2, 0) is 17.9 Å². The monoisotopic (exact) mass is 224 g/mol. The van der Waals surface area contributed by atoms with Crippen LogP contribution in [0.3, 0.4) is 0 Å². The predicted molar refractivity (Wildman–Crippen MR) is 57.5 cm³/mol. The molecule has 0 aliphatic heterocycles. The minimum atomic E-state index is -0.402. The third kappa shape index (κ3) is 2.05. The van der Waals surface area contributed by atoms with E-state index in [1.54, 1.807) is 24.1 Å². The Labute approximate surface area is 92.3 Å². The molecule has 0 atom stereocenters. The van der Waals surface area contributed by atoms with Crippen molar-refractivity contribution < 1.29 is 14.2 Å². The second-order valence-electron chi connectivity index (χ2n) is 3.55. The number of nitrogens with zero attached hydrogens (tertiary/aromatic N) is 2. The summed E-state index contributed by atoms with van der Waals surface area (Å²) in [6.07, 6.45) is 1.76. The number of hydrogen-bond donors (Lipinski definition) is 1. The number of aromatic nitrogens is 2. The van der Waals surface area contributed by atoms with Crippen LogP contribution < -0.4 is 0 Å². The molecule has 5 heteroatoms. The van der Waals surface area contributed by atoms with Crippen molar-refractivity contribution in [1.82, 2.24) is 9.78 Å². The highest BCUT2D eigenvalue weighted by Gasteiger charge is 2.07. The van der Waals surface area contributed by atoms with Crippen molar-refractivity contribution in [1.29, 1.82) is 0 Å². The van der Waals surface area contributed by atoms with Crippen molar-refractivity contribution in [2.75, 3.05) is 13.7 Å². The second kappa shape index (κ2) is 4.59. The van der Waals surface area contributed by atoms with E-state index in [2.05, 4.69) is 5.10 Å². The first-order valence-electron chi connectivity index (χ1n) is 5.00. The molecule has 16 heavy (non-hydrogen) atoms. The largest absolute Gasteiger partial charge is 0.392 e. The van der Waals surface area contributed by atoms with Gasteiger partial charge in [-0.05, 0) is 12.1 Å². The molecule has 0 aliphatic rings. The lowest BCUT2D eigenvalue weighted by atomic mass is 10.1. The molecule has 2 aromatic rings. The van der Waals surface area contributed by atoms with E-state index >= 15 is 0 Å². The summed E-state index contributed by atoms with van der Waals surface area (Å²) in [5, 5.41) is 13.9. The molecule has 0 saturated heterocycles. The van der Waals surface area contributed by atoms with Crippen molar-refractivity contribution in [3.8, 4) is 0 Å². The van der Waals surface area contributed by atoms with E-state index in [0.29, 0.717) is 18.7 Å². The van der Waals surface area contributed by atoms with Crippen LogP contribution in [0.25, 0.3) is 10.9 Å². The number of hydrogen-bond acceptors (Lipinski definition) is 3. The fraction of sp³-hybridized carbons (Fsp3) is 0.364. The van der Waals surface area contributed by atoms with Crippen molar-refractivity contribution >= 4 is 10.9 Å². The number of methoxy groups -OCH3 is 1. The van der Waals surface area contributed by atoms with E-state index in [-0.39, 0.29) is 12.2 Å². The van der Waals surface area contributed by atoms with Crippen LogP contribution >= 0.6 is 0 Å². The van der Waals surface area contributed by atoms with Gasteiger partial charge >= 0.3 is 0 Å². The second-order valence-corrected chi connectivity index (χ2v) is 3.55. The lowest BCUT2D eigenvalue weighted by molar-refractivity contribution is 0.184. The van der Waals surface area contributed by atoms with Crippen LogP contribution in [0.4, 0.5) is 4.39 Å². The molecule has 1 heterocycles. The standard InChI is InChI=1S/C11H13FN2O2/c1-16-3-2-14-6-8-4-10(12)9(7-15)5-11(8)13-14/h4-6,15H,2-3,7H2,1H3. The summed E-state index contributed by atoms with van der Waals surface area (Å²) < 4.78 is 20.0. The first-order valence-corrected chi connectivity index (χ1v) is 5.00. The van der Waals surface area contributed by atoms with Gasteiger partial charge in [0, 0.05) is 24.3 Å². The SMILES string of the molecule is COCCn1cc2cc(F)c(CO)cc2n1. The van der Waals surface area contributed by atoms with E-state index in [4.69, 9.17) is 9.84 Å². The molecule has 86 valence electrons. The number of halogens is 1. The molecule has 0 bridgehead atoms. The zero-order valence-corrected chi connectivity index (χ0v) is 8.98. The van der Waals surface area contributed by atoms with Gasteiger partial charge in [0.25, 0.3) is 0 Å². The van der Waals surface area contributed by atoms with Gasteiger partial charge in [0.05, 0.1) is 25.3 Å². The molecule has 0 aliphatic carbocycles. The lowest BCUT2D eigenvalue weighted by Gasteiger charge is -1.97. The fourth-order valence-corrected chi connectivity index (χ4v) is 1.56. The van der Waals surface area contributed by atoms with Gasteiger partial charge in [0.2, 0.25) is 0 Å². The minimum absolute atomic E-state index is 0.268. The highest BCUT2D eigenvalue weighted by Crippen LogP contribution is 2.18. The van der Waals surface area contributed by atoms with Crippen LogP contribution in [0.5, 0.6) is 0 Å². The van der Waals surface area contributed by atoms with Crippen LogP contribution in [0.15, 0.2) is 18.3 Å². The Morgan fingerprint density at radius 1 is 1.50 bits per heavy atom. The number of aliphatic hydroxyl groups excluding tert-OH is 1. The summed E-state index contributed by atoms with van der Waals surface area (Å²) in [6, 6.07) is 2.95. The summed E-state index contributed by atoms with van der Waals surface area (Å²) >= 11 is 0. The molecule has 0 fully saturated rings. The van der Waals surface area contributed by atoms with Gasteiger partial charge in [-0.15, -0.1) is 0 Å². The zero-order valence-electron chi connectivity index (χ0n) is 8.98. The van der Waals surface area contributed by atoms with Crippen molar-refractivity contribution in [3.63, 3.8) is 0 Å². The van der Waals surface area contributed by atoms with Gasteiger partial charge in [-0.3, -0.25) is 4.68 Å². The summed E-state index contributed by atoms with van der Waals surface area (Å²) in [4.78, 5) is 0. The average molecular weight is 224 g/mol. The van der Waals surface area contributed by atoms with Crippen LogP contribution in [0.2, 0.25) is 0 Å². The van der Waals surface area contributed by atoms with E-state index < -0.39 is 5.82 Å². The Morgan fingerprint density at radius 2 is 2.31 bits per heavy atom. The molecule has 0 spiro atoms. The van der Waals surface area contributed by atoms with Crippen LogP contribution in [-0.4, -0.2) is 28.6 Å². The molecule has 1 aromatic carbocycles. The van der Waals surface area contributed by atoms with E-state index in [1.165, 1.54) is 6.07 Å². The molecule has 0 saturated carbocycles. The molecular formula is C11H13FN2O2. The Balaban J connectivity index is 2.37. The van der Waals surface area contributed by atoms with E-state index in [1.807, 2.05) is 0 Å². The predicted octanol–water partition coefficient (Wildman–Crippen LogP) is 1.31. The molecular weight excluding hydrogens is 211 g/mol. The van der Waals surface area contributed by atoms with Crippen molar-refractivity contribution in [2.45, 2.75) is 13.2 Å². The quantitative estimate of drug-likeness (QED) is 0.851. The van der Waals surface area contributed by atoms with Crippen molar-refractivity contribution in [3.05, 3.63) is 29.7 Å². The Bertz CT molecular complexity index is 496. The van der Waals surface area contributed by atoms with Gasteiger partial charge in [-0.1, -0.05) is 0 Å². The van der Waals surface area contributed by atoms with Crippen LogP contribution in [0, 0.1) is 5.82 Å². The van der Waals surface area contributed by atoms with E-state index in [9.17, 15) is 4.39 Å². The molecule has 0 amide bonds. The minimum Gasteiger partial charge on any atom is -0.392 e. The Hall–Kier alpha value is -1.46. The third-order valence-electron chi connectivity index (χ3n) is 2.41. The van der Waals surface area contributed by atoms with Gasteiger partial charge in [-0.2, -0.15) is 5.10 Å². The number of rotatable bonds is 4. The first-order chi connectivity index (χ1) is 7.74. The lowest BCUT2D eigenvalue weighted by Crippen LogP contribution is -2.03. The molecule has 4 nitrogen and oxygen atoms in total. The Morgan fingerprint density at radius 3 is 3.00 bits per heavy atom. The number of ether oxygens (including phenoxy) is 1. The zero-order chi connectivity index (χ0) is 11.5. The highest BCUT2D eigenvalue weighted by atomic mass is 19.1. The average Bonchev–Trinajstić information content (AvgIpc) is 2.66.